The van der Waals surface area contributed by atoms with Gasteiger partial charge in [0.2, 0.25) is 0 Å². The summed E-state index contributed by atoms with van der Waals surface area (Å²) in [5.74, 6) is -0.521. The van der Waals surface area contributed by atoms with Crippen molar-refractivity contribution in [1.29, 1.82) is 0 Å². The molecule has 1 unspecified atom stereocenters. The second-order valence-corrected chi connectivity index (χ2v) is 6.54. The van der Waals surface area contributed by atoms with E-state index < -0.39 is 12.0 Å². The molecule has 2 amide bonds. The normalized spacial score (nSPS) is 17.7. The molecule has 9 heteroatoms. The maximum Gasteiger partial charge on any atom is 0.338 e. The molecule has 0 fully saturated rings. The molecule has 0 saturated carbocycles. The number of rotatable bonds is 3. The Balaban J connectivity index is 2.12. The lowest BCUT2D eigenvalue weighted by Gasteiger charge is -2.34. The van der Waals surface area contributed by atoms with Crippen LogP contribution < -0.4 is 10.2 Å². The molecule has 0 bridgehead atoms. The van der Waals surface area contributed by atoms with Gasteiger partial charge in [0.05, 0.1) is 18.4 Å². The lowest BCUT2D eigenvalue weighted by molar-refractivity contribution is -0.136. The molecule has 0 radical (unpaired) electrons. The third-order valence-corrected chi connectivity index (χ3v) is 4.70. The first-order chi connectivity index (χ1) is 11.5. The zero-order valence-corrected chi connectivity index (χ0v) is 15.2. The summed E-state index contributed by atoms with van der Waals surface area (Å²) in [4.78, 5) is 26.4. The van der Waals surface area contributed by atoms with E-state index in [0.717, 1.165) is 16.0 Å². The number of anilines is 1. The van der Waals surface area contributed by atoms with Gasteiger partial charge in [-0.15, -0.1) is 5.10 Å². The number of hydrogen-bond acceptors (Lipinski definition) is 6. The molecule has 0 saturated heterocycles. The Morgan fingerprint density at radius 2 is 2.08 bits per heavy atom. The summed E-state index contributed by atoms with van der Waals surface area (Å²) in [6.45, 7) is 1.71. The number of aromatic nitrogens is 2. The summed E-state index contributed by atoms with van der Waals surface area (Å²) < 4.78 is 9.59. The molecule has 7 nitrogen and oxygen atoms in total. The fraction of sp³-hybridized carbons (Fsp3) is 0.200. The molecular weight excluding hydrogens is 396 g/mol. The van der Waals surface area contributed by atoms with Crippen LogP contribution in [0, 0.1) is 0 Å². The van der Waals surface area contributed by atoms with E-state index in [4.69, 9.17) is 4.74 Å². The van der Waals surface area contributed by atoms with Gasteiger partial charge in [0.15, 0.2) is 0 Å². The number of halogens is 1. The number of carbonyl (C=O) groups excluding carboxylic acids is 2. The Bertz CT molecular complexity index is 805. The SMILES string of the molecule is COC(=O)C1=C(C)N(c2ccc(Br)cc2)C(=O)NC1c1csnn1. The number of urea groups is 1. The quantitative estimate of drug-likeness (QED) is 0.788. The number of nitrogens with zero attached hydrogens (tertiary/aromatic N) is 3. The van der Waals surface area contributed by atoms with Gasteiger partial charge in [-0.25, -0.2) is 9.59 Å². The third kappa shape index (κ3) is 2.92. The summed E-state index contributed by atoms with van der Waals surface area (Å²) in [5, 5.41) is 8.46. The van der Waals surface area contributed by atoms with Gasteiger partial charge in [-0.05, 0) is 42.7 Å². The largest absolute Gasteiger partial charge is 0.466 e. The van der Waals surface area contributed by atoms with E-state index in [1.165, 1.54) is 12.0 Å². The first kappa shape index (κ1) is 16.6. The lowest BCUT2D eigenvalue weighted by atomic mass is 9.99. The standard InChI is InChI=1S/C15H13BrN4O3S/c1-8-12(14(21)23-2)13(11-7-24-19-18-11)17-15(22)20(8)10-5-3-9(16)4-6-10/h3-7,13H,1-2H3,(H,17,22). The fourth-order valence-electron chi connectivity index (χ4n) is 2.54. The van der Waals surface area contributed by atoms with E-state index in [1.54, 1.807) is 24.4 Å². The van der Waals surface area contributed by atoms with Gasteiger partial charge in [0, 0.05) is 15.5 Å². The maximum atomic E-state index is 12.6. The van der Waals surface area contributed by atoms with Crippen LogP contribution in [0.25, 0.3) is 0 Å². The van der Waals surface area contributed by atoms with Crippen LogP contribution in [0.3, 0.4) is 0 Å². The van der Waals surface area contributed by atoms with Gasteiger partial charge in [0.25, 0.3) is 0 Å². The number of ether oxygens (including phenoxy) is 1. The minimum atomic E-state index is -0.685. The molecule has 2 aromatic rings. The molecule has 1 aliphatic heterocycles. The van der Waals surface area contributed by atoms with Crippen molar-refractivity contribution in [1.82, 2.24) is 14.9 Å². The fourth-order valence-corrected chi connectivity index (χ4v) is 3.28. The highest BCUT2D eigenvalue weighted by molar-refractivity contribution is 9.10. The Kier molecular flexibility index (Phi) is 4.63. The predicted octanol–water partition coefficient (Wildman–Crippen LogP) is 3.02. The van der Waals surface area contributed by atoms with E-state index in [1.807, 2.05) is 12.1 Å². The second-order valence-electron chi connectivity index (χ2n) is 5.01. The smallest absolute Gasteiger partial charge is 0.338 e. The molecule has 1 atom stereocenters. The molecule has 0 aliphatic carbocycles. The number of nitrogens with one attached hydrogen (secondary N) is 1. The molecule has 1 aromatic carbocycles. The second kappa shape index (κ2) is 6.70. The molecule has 24 heavy (non-hydrogen) atoms. The van der Waals surface area contributed by atoms with E-state index in [9.17, 15) is 9.59 Å². The Hall–Kier alpha value is -2.26. The van der Waals surface area contributed by atoms with E-state index in [0.29, 0.717) is 22.7 Å². The van der Waals surface area contributed by atoms with Gasteiger partial charge in [0.1, 0.15) is 11.7 Å². The van der Waals surface area contributed by atoms with Crippen molar-refractivity contribution in [2.45, 2.75) is 13.0 Å². The monoisotopic (exact) mass is 408 g/mol. The van der Waals surface area contributed by atoms with Crippen molar-refractivity contribution in [3.05, 3.63) is 51.1 Å². The highest BCUT2D eigenvalue weighted by Gasteiger charge is 2.38. The summed E-state index contributed by atoms with van der Waals surface area (Å²) in [7, 11) is 1.30. The van der Waals surface area contributed by atoms with Crippen molar-refractivity contribution >= 4 is 45.2 Å². The highest BCUT2D eigenvalue weighted by Crippen LogP contribution is 2.33. The summed E-state index contributed by atoms with van der Waals surface area (Å²) >= 11 is 4.51. The predicted molar refractivity (Wildman–Crippen MR) is 92.5 cm³/mol. The molecule has 124 valence electrons. The number of allylic oxidation sites excluding steroid dienone is 1. The summed E-state index contributed by atoms with van der Waals surface area (Å²) in [5.41, 5.74) is 1.96. The van der Waals surface area contributed by atoms with Crippen LogP contribution in [0.5, 0.6) is 0 Å². The van der Waals surface area contributed by atoms with Crippen molar-refractivity contribution in [2.24, 2.45) is 0 Å². The average molecular weight is 409 g/mol. The highest BCUT2D eigenvalue weighted by atomic mass is 79.9. The van der Waals surface area contributed by atoms with Gasteiger partial charge in [-0.2, -0.15) is 0 Å². The van der Waals surface area contributed by atoms with Gasteiger partial charge in [-0.1, -0.05) is 20.4 Å². The molecule has 0 spiro atoms. The van der Waals surface area contributed by atoms with Crippen LogP contribution in [0.4, 0.5) is 10.5 Å². The van der Waals surface area contributed by atoms with Crippen molar-refractivity contribution in [3.63, 3.8) is 0 Å². The molecular formula is C15H13BrN4O3S. The van der Waals surface area contributed by atoms with Gasteiger partial charge >= 0.3 is 12.0 Å². The zero-order valence-electron chi connectivity index (χ0n) is 12.8. The Morgan fingerprint density at radius 1 is 1.38 bits per heavy atom. The minimum Gasteiger partial charge on any atom is -0.466 e. The van der Waals surface area contributed by atoms with Gasteiger partial charge in [-0.3, -0.25) is 4.90 Å². The Labute approximate surface area is 150 Å². The topological polar surface area (TPSA) is 84.4 Å². The molecule has 1 N–H and O–H groups in total. The number of methoxy groups -OCH3 is 1. The first-order valence-corrected chi connectivity index (χ1v) is 8.58. The minimum absolute atomic E-state index is 0.327. The van der Waals surface area contributed by atoms with Crippen LogP contribution in [-0.4, -0.2) is 28.7 Å². The lowest BCUT2D eigenvalue weighted by Crippen LogP contribution is -2.48. The average Bonchev–Trinajstić information content (AvgIpc) is 3.10. The van der Waals surface area contributed by atoms with Crippen LogP contribution in [0.1, 0.15) is 18.7 Å². The number of benzene rings is 1. The van der Waals surface area contributed by atoms with Crippen LogP contribution >= 0.6 is 27.5 Å². The maximum absolute atomic E-state index is 12.6. The van der Waals surface area contributed by atoms with Crippen molar-refractivity contribution in [3.8, 4) is 0 Å². The first-order valence-electron chi connectivity index (χ1n) is 6.95. The molecule has 1 aromatic heterocycles. The zero-order chi connectivity index (χ0) is 17.3. The Morgan fingerprint density at radius 3 is 2.67 bits per heavy atom. The molecule has 1 aliphatic rings. The van der Waals surface area contributed by atoms with E-state index in [2.05, 4.69) is 30.8 Å². The number of esters is 1. The molecule has 2 heterocycles. The van der Waals surface area contributed by atoms with Crippen LogP contribution in [0.2, 0.25) is 0 Å². The number of amides is 2. The van der Waals surface area contributed by atoms with Crippen molar-refractivity contribution in [2.75, 3.05) is 12.0 Å². The number of hydrogen-bond donors (Lipinski definition) is 1. The number of carbonyl (C=O) groups is 2. The van der Waals surface area contributed by atoms with E-state index >= 15 is 0 Å². The van der Waals surface area contributed by atoms with Crippen LogP contribution in [0.15, 0.2) is 45.4 Å². The van der Waals surface area contributed by atoms with E-state index in [-0.39, 0.29) is 6.03 Å². The summed E-state index contributed by atoms with van der Waals surface area (Å²) in [6, 6.07) is 6.18. The van der Waals surface area contributed by atoms with Crippen molar-refractivity contribution < 1.29 is 14.3 Å². The molecule has 3 rings (SSSR count). The summed E-state index contributed by atoms with van der Waals surface area (Å²) in [6.07, 6.45) is 0. The third-order valence-electron chi connectivity index (χ3n) is 3.65. The van der Waals surface area contributed by atoms with Crippen LogP contribution in [-0.2, 0) is 9.53 Å². The van der Waals surface area contributed by atoms with Gasteiger partial charge < -0.3 is 10.1 Å².